The Morgan fingerprint density at radius 1 is 1.14 bits per heavy atom. The molecule has 1 rings (SSSR count). The molecular weight excluding hydrogens is 284 g/mol. The van der Waals surface area contributed by atoms with E-state index >= 15 is 0 Å². The molecule has 0 aliphatic rings. The van der Waals surface area contributed by atoms with Gasteiger partial charge in [-0.3, -0.25) is 19.3 Å². The Morgan fingerprint density at radius 2 is 1.73 bits per heavy atom. The topological polar surface area (TPSA) is 105 Å². The lowest BCUT2D eigenvalue weighted by Crippen LogP contribution is -2.41. The quantitative estimate of drug-likeness (QED) is 0.668. The van der Waals surface area contributed by atoms with Crippen LogP contribution in [0, 0.1) is 0 Å². The molecule has 0 aliphatic carbocycles. The van der Waals surface area contributed by atoms with Crippen LogP contribution in [0.25, 0.3) is 0 Å². The Bertz CT molecular complexity index is 557. The molecule has 7 nitrogen and oxygen atoms in total. The fraction of sp³-hybridized carbons (Fsp3) is 0.400. The number of para-hydroxylation sites is 1. The molecule has 0 radical (unpaired) electrons. The fourth-order valence-corrected chi connectivity index (χ4v) is 1.91. The third-order valence-electron chi connectivity index (χ3n) is 2.74. The summed E-state index contributed by atoms with van der Waals surface area (Å²) < 4.78 is 0. The lowest BCUT2D eigenvalue weighted by molar-refractivity contribution is -0.123. The lowest BCUT2D eigenvalue weighted by Gasteiger charge is -2.17. The Balaban J connectivity index is 2.56. The van der Waals surface area contributed by atoms with Crippen molar-refractivity contribution in [2.75, 3.05) is 25.5 Å². The van der Waals surface area contributed by atoms with E-state index in [1.807, 2.05) is 13.8 Å². The van der Waals surface area contributed by atoms with Crippen molar-refractivity contribution in [3.63, 3.8) is 0 Å². The van der Waals surface area contributed by atoms with Gasteiger partial charge >= 0.3 is 0 Å². The molecule has 0 unspecified atom stereocenters. The molecule has 0 spiro atoms. The molecule has 1 aromatic carbocycles. The molecule has 22 heavy (non-hydrogen) atoms. The molecule has 120 valence electrons. The first kappa shape index (κ1) is 17.6. The monoisotopic (exact) mass is 306 g/mol. The van der Waals surface area contributed by atoms with Gasteiger partial charge in [0, 0.05) is 6.04 Å². The number of rotatable bonds is 7. The molecule has 0 aromatic heterocycles. The maximum atomic E-state index is 12.0. The second-order valence-corrected chi connectivity index (χ2v) is 5.35. The molecule has 7 heteroatoms. The second-order valence-electron chi connectivity index (χ2n) is 5.35. The summed E-state index contributed by atoms with van der Waals surface area (Å²) in [6, 6.07) is 6.55. The van der Waals surface area contributed by atoms with Crippen LogP contribution in [-0.2, 0) is 9.59 Å². The van der Waals surface area contributed by atoms with E-state index < -0.39 is 5.91 Å². The van der Waals surface area contributed by atoms with Crippen molar-refractivity contribution >= 4 is 23.4 Å². The summed E-state index contributed by atoms with van der Waals surface area (Å²) in [6.07, 6.45) is 0. The molecule has 0 aliphatic heterocycles. The Kier molecular flexibility index (Phi) is 6.52. The number of carbonyl (C=O) groups is 3. The minimum Gasteiger partial charge on any atom is -0.366 e. The molecular formula is C15H22N4O3. The molecule has 0 atom stereocenters. The fourth-order valence-electron chi connectivity index (χ4n) is 1.91. The molecule has 0 saturated heterocycles. The second kappa shape index (κ2) is 8.14. The Labute approximate surface area is 129 Å². The van der Waals surface area contributed by atoms with E-state index in [2.05, 4.69) is 10.6 Å². The van der Waals surface area contributed by atoms with Crippen molar-refractivity contribution in [2.45, 2.75) is 19.9 Å². The number of nitrogens with one attached hydrogen (secondary N) is 2. The number of benzene rings is 1. The van der Waals surface area contributed by atoms with Gasteiger partial charge in [0.1, 0.15) is 0 Å². The highest BCUT2D eigenvalue weighted by atomic mass is 16.2. The molecule has 1 aromatic rings. The minimum absolute atomic E-state index is 0.0264. The van der Waals surface area contributed by atoms with Gasteiger partial charge in [-0.25, -0.2) is 0 Å². The van der Waals surface area contributed by atoms with Crippen molar-refractivity contribution < 1.29 is 14.4 Å². The predicted octanol–water partition coefficient (Wildman–Crippen LogP) is 0.180. The number of carbonyl (C=O) groups excluding carboxylic acids is 3. The van der Waals surface area contributed by atoms with Crippen LogP contribution in [0.3, 0.4) is 0 Å². The van der Waals surface area contributed by atoms with Gasteiger partial charge in [-0.05, 0) is 33.0 Å². The van der Waals surface area contributed by atoms with Crippen LogP contribution in [0.2, 0.25) is 0 Å². The summed E-state index contributed by atoms with van der Waals surface area (Å²) in [5, 5.41) is 5.37. The molecule has 3 amide bonds. The summed E-state index contributed by atoms with van der Waals surface area (Å²) >= 11 is 0. The average Bonchev–Trinajstić information content (AvgIpc) is 2.37. The highest BCUT2D eigenvalue weighted by Crippen LogP contribution is 2.13. The van der Waals surface area contributed by atoms with Crippen molar-refractivity contribution in [1.29, 1.82) is 0 Å². The standard InChI is InChI=1S/C15H22N4O3/c1-10(2)17-13(20)8-19(3)9-14(21)18-12-7-5-4-6-11(12)15(16)22/h4-7,10H,8-9H2,1-3H3,(H2,16,22)(H,17,20)(H,18,21). The Morgan fingerprint density at radius 3 is 2.32 bits per heavy atom. The third kappa shape index (κ3) is 5.92. The number of amides is 3. The molecule has 0 bridgehead atoms. The van der Waals surface area contributed by atoms with Crippen LogP contribution in [0.15, 0.2) is 24.3 Å². The summed E-state index contributed by atoms with van der Waals surface area (Å²) in [7, 11) is 1.67. The van der Waals surface area contributed by atoms with E-state index in [4.69, 9.17) is 5.73 Å². The van der Waals surface area contributed by atoms with Gasteiger partial charge in [-0.1, -0.05) is 12.1 Å². The number of nitrogens with zero attached hydrogens (tertiary/aromatic N) is 1. The van der Waals surface area contributed by atoms with Crippen molar-refractivity contribution in [3.8, 4) is 0 Å². The largest absolute Gasteiger partial charge is 0.366 e. The van der Waals surface area contributed by atoms with Crippen LogP contribution in [0.5, 0.6) is 0 Å². The van der Waals surface area contributed by atoms with E-state index in [1.54, 1.807) is 30.1 Å². The van der Waals surface area contributed by atoms with Crippen LogP contribution in [0.4, 0.5) is 5.69 Å². The zero-order valence-electron chi connectivity index (χ0n) is 13.1. The SMILES string of the molecule is CC(C)NC(=O)CN(C)CC(=O)Nc1ccccc1C(N)=O. The van der Waals surface area contributed by atoms with Gasteiger partial charge < -0.3 is 16.4 Å². The van der Waals surface area contributed by atoms with E-state index in [-0.39, 0.29) is 36.5 Å². The van der Waals surface area contributed by atoms with Crippen molar-refractivity contribution in [3.05, 3.63) is 29.8 Å². The van der Waals surface area contributed by atoms with Crippen LogP contribution < -0.4 is 16.4 Å². The van der Waals surface area contributed by atoms with Crippen LogP contribution in [0.1, 0.15) is 24.2 Å². The normalized spacial score (nSPS) is 10.6. The summed E-state index contributed by atoms with van der Waals surface area (Å²) in [4.78, 5) is 36.4. The number of likely N-dealkylation sites (N-methyl/N-ethyl adjacent to an activating group) is 1. The molecule has 0 heterocycles. The predicted molar refractivity (Wildman–Crippen MR) is 84.4 cm³/mol. The smallest absolute Gasteiger partial charge is 0.250 e. The first-order valence-electron chi connectivity index (χ1n) is 6.96. The maximum Gasteiger partial charge on any atom is 0.250 e. The summed E-state index contributed by atoms with van der Waals surface area (Å²) in [5.74, 6) is -1.09. The van der Waals surface area contributed by atoms with Crippen LogP contribution in [-0.4, -0.2) is 48.8 Å². The summed E-state index contributed by atoms with van der Waals surface area (Å²) in [6.45, 7) is 3.87. The first-order valence-corrected chi connectivity index (χ1v) is 6.96. The lowest BCUT2D eigenvalue weighted by atomic mass is 10.1. The van der Waals surface area contributed by atoms with Gasteiger partial charge in [0.2, 0.25) is 11.8 Å². The van der Waals surface area contributed by atoms with Gasteiger partial charge in [0.05, 0.1) is 24.3 Å². The van der Waals surface area contributed by atoms with Crippen molar-refractivity contribution in [2.24, 2.45) is 5.73 Å². The highest BCUT2D eigenvalue weighted by molar-refractivity contribution is 6.03. The molecule has 0 fully saturated rings. The maximum absolute atomic E-state index is 12.0. The Hall–Kier alpha value is -2.41. The van der Waals surface area contributed by atoms with Crippen LogP contribution >= 0.6 is 0 Å². The number of hydrogen-bond acceptors (Lipinski definition) is 4. The van der Waals surface area contributed by atoms with Gasteiger partial charge in [-0.2, -0.15) is 0 Å². The molecule has 4 N–H and O–H groups in total. The minimum atomic E-state index is -0.611. The highest BCUT2D eigenvalue weighted by Gasteiger charge is 2.14. The van der Waals surface area contributed by atoms with Gasteiger partial charge in [0.15, 0.2) is 0 Å². The van der Waals surface area contributed by atoms with E-state index in [0.29, 0.717) is 5.69 Å². The van der Waals surface area contributed by atoms with E-state index in [9.17, 15) is 14.4 Å². The number of anilines is 1. The number of primary amides is 1. The number of nitrogens with two attached hydrogens (primary N) is 1. The zero-order valence-corrected chi connectivity index (χ0v) is 13.1. The first-order chi connectivity index (χ1) is 10.3. The third-order valence-corrected chi connectivity index (χ3v) is 2.74. The molecule has 0 saturated carbocycles. The average molecular weight is 306 g/mol. The van der Waals surface area contributed by atoms with Gasteiger partial charge in [-0.15, -0.1) is 0 Å². The number of hydrogen-bond donors (Lipinski definition) is 3. The zero-order chi connectivity index (χ0) is 16.7. The van der Waals surface area contributed by atoms with E-state index in [0.717, 1.165) is 0 Å². The summed E-state index contributed by atoms with van der Waals surface area (Å²) in [5.41, 5.74) is 5.86. The van der Waals surface area contributed by atoms with E-state index in [1.165, 1.54) is 6.07 Å². The van der Waals surface area contributed by atoms with Gasteiger partial charge in [0.25, 0.3) is 5.91 Å². The van der Waals surface area contributed by atoms with Crippen molar-refractivity contribution in [1.82, 2.24) is 10.2 Å².